The molecule has 1 aliphatic rings. The summed E-state index contributed by atoms with van der Waals surface area (Å²) in [5.41, 5.74) is 0.150. The van der Waals surface area contributed by atoms with Gasteiger partial charge in [-0.25, -0.2) is 9.78 Å². The fourth-order valence-electron chi connectivity index (χ4n) is 2.13. The molecule has 1 aromatic rings. The van der Waals surface area contributed by atoms with E-state index in [1.165, 1.54) is 6.07 Å². The summed E-state index contributed by atoms with van der Waals surface area (Å²) in [4.78, 5) is 17.2. The van der Waals surface area contributed by atoms with Gasteiger partial charge in [0, 0.05) is 13.1 Å². The van der Waals surface area contributed by atoms with E-state index in [2.05, 4.69) is 4.98 Å². The van der Waals surface area contributed by atoms with Gasteiger partial charge in [0.05, 0.1) is 17.8 Å². The molecule has 6 heteroatoms. The monoisotopic (exact) mass is 270 g/mol. The molecule has 1 N–H and O–H groups in total. The number of aromatic carboxylic acids is 1. The summed E-state index contributed by atoms with van der Waals surface area (Å²) >= 11 is 5.85. The van der Waals surface area contributed by atoms with Gasteiger partial charge in [-0.05, 0) is 26.0 Å². The first-order valence-corrected chi connectivity index (χ1v) is 6.15. The van der Waals surface area contributed by atoms with Gasteiger partial charge in [0.1, 0.15) is 11.0 Å². The number of carboxylic acids is 1. The third-order valence-electron chi connectivity index (χ3n) is 2.77. The van der Waals surface area contributed by atoms with Crippen molar-refractivity contribution in [3.63, 3.8) is 0 Å². The lowest BCUT2D eigenvalue weighted by Gasteiger charge is -2.36. The van der Waals surface area contributed by atoms with Crippen molar-refractivity contribution >= 4 is 23.4 Å². The number of aromatic nitrogens is 1. The van der Waals surface area contributed by atoms with Crippen LogP contribution in [0.5, 0.6) is 0 Å². The third-order valence-corrected chi connectivity index (χ3v) is 2.96. The molecular formula is C12H15ClN2O3. The average molecular weight is 271 g/mol. The van der Waals surface area contributed by atoms with E-state index in [9.17, 15) is 4.79 Å². The maximum atomic E-state index is 11.0. The molecule has 2 rings (SSSR count). The van der Waals surface area contributed by atoms with Crippen LogP contribution in [0.15, 0.2) is 12.1 Å². The Morgan fingerprint density at radius 1 is 1.44 bits per heavy atom. The highest BCUT2D eigenvalue weighted by Gasteiger charge is 2.24. The normalized spacial score (nSPS) is 24.1. The standard InChI is InChI=1S/C12H15ClN2O3/c1-7-5-15(6-8(2)18-7)11-4-9(12(16)17)3-10(13)14-11/h3-4,7-8H,5-6H2,1-2H3,(H,16,17)/t7-,8+. The fourth-order valence-corrected chi connectivity index (χ4v) is 2.34. The van der Waals surface area contributed by atoms with E-state index >= 15 is 0 Å². The van der Waals surface area contributed by atoms with Crippen LogP contribution in [0.4, 0.5) is 5.82 Å². The summed E-state index contributed by atoms with van der Waals surface area (Å²) in [6.07, 6.45) is 0.172. The summed E-state index contributed by atoms with van der Waals surface area (Å²) in [6.45, 7) is 5.31. The molecule has 2 heterocycles. The summed E-state index contributed by atoms with van der Waals surface area (Å²) < 4.78 is 5.63. The highest BCUT2D eigenvalue weighted by Crippen LogP contribution is 2.22. The number of carboxylic acid groups (broad SMARTS) is 1. The molecule has 1 aliphatic heterocycles. The van der Waals surface area contributed by atoms with Crippen molar-refractivity contribution in [3.05, 3.63) is 22.8 Å². The minimum absolute atomic E-state index is 0.0859. The predicted molar refractivity (Wildman–Crippen MR) is 68.4 cm³/mol. The lowest BCUT2D eigenvalue weighted by atomic mass is 10.2. The van der Waals surface area contributed by atoms with Crippen molar-refractivity contribution in [1.29, 1.82) is 0 Å². The third kappa shape index (κ3) is 2.91. The van der Waals surface area contributed by atoms with Crippen molar-refractivity contribution in [2.24, 2.45) is 0 Å². The van der Waals surface area contributed by atoms with Crippen molar-refractivity contribution in [1.82, 2.24) is 4.98 Å². The average Bonchev–Trinajstić information content (AvgIpc) is 2.26. The molecule has 0 saturated carbocycles. The minimum atomic E-state index is -1.00. The first kappa shape index (κ1) is 13.1. The predicted octanol–water partition coefficient (Wildman–Crippen LogP) is 2.05. The maximum absolute atomic E-state index is 11.0. The fraction of sp³-hybridized carbons (Fsp3) is 0.500. The summed E-state index contributed by atoms with van der Waals surface area (Å²) in [5, 5.41) is 9.20. The quantitative estimate of drug-likeness (QED) is 0.834. The number of morpholine rings is 1. The van der Waals surface area contributed by atoms with Crippen molar-refractivity contribution in [2.45, 2.75) is 26.1 Å². The minimum Gasteiger partial charge on any atom is -0.478 e. The Kier molecular flexibility index (Phi) is 3.73. The summed E-state index contributed by atoms with van der Waals surface area (Å²) in [6, 6.07) is 2.89. The Labute approximate surface area is 110 Å². The van der Waals surface area contributed by atoms with Gasteiger partial charge in [0.15, 0.2) is 0 Å². The van der Waals surface area contributed by atoms with Gasteiger partial charge in [-0.15, -0.1) is 0 Å². The van der Waals surface area contributed by atoms with Gasteiger partial charge in [0.2, 0.25) is 0 Å². The Morgan fingerprint density at radius 3 is 2.61 bits per heavy atom. The maximum Gasteiger partial charge on any atom is 0.335 e. The van der Waals surface area contributed by atoms with Gasteiger partial charge in [0.25, 0.3) is 0 Å². The number of anilines is 1. The molecule has 0 spiro atoms. The molecule has 1 saturated heterocycles. The largest absolute Gasteiger partial charge is 0.478 e. The zero-order valence-corrected chi connectivity index (χ0v) is 11.0. The van der Waals surface area contributed by atoms with Crippen LogP contribution in [0.2, 0.25) is 5.15 Å². The smallest absolute Gasteiger partial charge is 0.335 e. The first-order valence-electron chi connectivity index (χ1n) is 5.77. The Balaban J connectivity index is 2.29. The number of ether oxygens (including phenoxy) is 1. The van der Waals surface area contributed by atoms with Crippen LogP contribution in [-0.4, -0.2) is 41.4 Å². The van der Waals surface area contributed by atoms with Crippen molar-refractivity contribution in [3.8, 4) is 0 Å². The molecule has 1 fully saturated rings. The van der Waals surface area contributed by atoms with E-state index < -0.39 is 5.97 Å². The molecule has 0 aliphatic carbocycles. The van der Waals surface area contributed by atoms with Crippen molar-refractivity contribution < 1.29 is 14.6 Å². The van der Waals surface area contributed by atoms with Crippen LogP contribution >= 0.6 is 11.6 Å². The molecular weight excluding hydrogens is 256 g/mol. The molecule has 0 amide bonds. The number of hydrogen-bond acceptors (Lipinski definition) is 4. The van der Waals surface area contributed by atoms with E-state index in [4.69, 9.17) is 21.4 Å². The molecule has 98 valence electrons. The second-order valence-corrected chi connectivity index (χ2v) is 4.89. The number of hydrogen-bond donors (Lipinski definition) is 1. The lowest BCUT2D eigenvalue weighted by molar-refractivity contribution is -0.00545. The molecule has 18 heavy (non-hydrogen) atoms. The van der Waals surface area contributed by atoms with Gasteiger partial charge < -0.3 is 14.7 Å². The molecule has 5 nitrogen and oxygen atoms in total. The summed E-state index contributed by atoms with van der Waals surface area (Å²) in [7, 11) is 0. The molecule has 2 atom stereocenters. The van der Waals surface area contributed by atoms with E-state index in [-0.39, 0.29) is 22.9 Å². The topological polar surface area (TPSA) is 62.7 Å². The Bertz CT molecular complexity index is 457. The zero-order valence-electron chi connectivity index (χ0n) is 10.3. The van der Waals surface area contributed by atoms with Crippen LogP contribution < -0.4 is 4.90 Å². The number of pyridine rings is 1. The number of nitrogens with zero attached hydrogens (tertiary/aromatic N) is 2. The Morgan fingerprint density at radius 2 is 2.06 bits per heavy atom. The molecule has 0 radical (unpaired) electrons. The van der Waals surface area contributed by atoms with Crippen molar-refractivity contribution in [2.75, 3.05) is 18.0 Å². The summed E-state index contributed by atoms with van der Waals surface area (Å²) in [5.74, 6) is -0.420. The lowest BCUT2D eigenvalue weighted by Crippen LogP contribution is -2.45. The molecule has 0 aromatic carbocycles. The van der Waals surface area contributed by atoms with E-state index in [0.29, 0.717) is 18.9 Å². The van der Waals surface area contributed by atoms with Crippen LogP contribution in [0.25, 0.3) is 0 Å². The van der Waals surface area contributed by atoms with Crippen LogP contribution in [-0.2, 0) is 4.74 Å². The highest BCUT2D eigenvalue weighted by molar-refractivity contribution is 6.29. The molecule has 1 aromatic heterocycles. The van der Waals surface area contributed by atoms with Gasteiger partial charge in [-0.2, -0.15) is 0 Å². The van der Waals surface area contributed by atoms with E-state index in [1.807, 2.05) is 18.7 Å². The first-order chi connectivity index (χ1) is 8.45. The van der Waals surface area contributed by atoms with Gasteiger partial charge >= 0.3 is 5.97 Å². The van der Waals surface area contributed by atoms with Gasteiger partial charge in [-0.3, -0.25) is 0 Å². The second kappa shape index (κ2) is 5.12. The second-order valence-electron chi connectivity index (χ2n) is 4.50. The number of carbonyl (C=O) groups is 1. The zero-order chi connectivity index (χ0) is 13.3. The van der Waals surface area contributed by atoms with E-state index in [0.717, 1.165) is 0 Å². The van der Waals surface area contributed by atoms with Crippen LogP contribution in [0.1, 0.15) is 24.2 Å². The van der Waals surface area contributed by atoms with Crippen LogP contribution in [0.3, 0.4) is 0 Å². The van der Waals surface area contributed by atoms with E-state index in [1.54, 1.807) is 6.07 Å². The molecule has 0 bridgehead atoms. The number of rotatable bonds is 2. The van der Waals surface area contributed by atoms with Crippen LogP contribution in [0, 0.1) is 0 Å². The SMILES string of the molecule is C[C@@H]1CN(c2cc(C(=O)O)cc(Cl)n2)C[C@H](C)O1. The Hall–Kier alpha value is -1.33. The van der Waals surface area contributed by atoms with Gasteiger partial charge in [-0.1, -0.05) is 11.6 Å². The molecule has 0 unspecified atom stereocenters. The highest BCUT2D eigenvalue weighted by atomic mass is 35.5. The number of halogens is 1.